The Morgan fingerprint density at radius 1 is 0.855 bits per heavy atom. The molecule has 15 heteroatoms. The van der Waals surface area contributed by atoms with Gasteiger partial charge in [0, 0.05) is 57.3 Å². The van der Waals surface area contributed by atoms with Gasteiger partial charge in [-0.3, -0.25) is 19.2 Å². The number of Topliss-reactive ketones (excluding diaryl/α,β-unsaturated/α-hetero) is 3. The second kappa shape index (κ2) is 26.3. The number of ketones is 3. The molecule has 0 spiro atoms. The lowest BCUT2D eigenvalue weighted by Crippen LogP contribution is -2.61. The highest BCUT2D eigenvalue weighted by molar-refractivity contribution is 6.39. The van der Waals surface area contributed by atoms with Crippen LogP contribution in [0.5, 0.6) is 0 Å². The van der Waals surface area contributed by atoms with E-state index in [-0.39, 0.29) is 60.7 Å². The number of piperidine rings is 1. The van der Waals surface area contributed by atoms with E-state index in [1.807, 2.05) is 58.1 Å². The molecule has 3 saturated heterocycles. The van der Waals surface area contributed by atoms with Gasteiger partial charge in [0.25, 0.3) is 11.7 Å². The molecular formula is C54H83NO14. The summed E-state index contributed by atoms with van der Waals surface area (Å²) in [5.41, 5.74) is 1.28. The molecule has 4 heterocycles. The minimum absolute atomic E-state index is 0.00918. The van der Waals surface area contributed by atoms with Gasteiger partial charge in [-0.25, -0.2) is 4.79 Å². The number of fused-ring (bicyclic) bond motifs is 3. The molecule has 388 valence electrons. The van der Waals surface area contributed by atoms with Gasteiger partial charge in [-0.15, -0.1) is 0 Å². The van der Waals surface area contributed by atoms with Gasteiger partial charge in [0.15, 0.2) is 5.78 Å². The van der Waals surface area contributed by atoms with Crippen molar-refractivity contribution in [1.82, 2.24) is 4.90 Å². The molecule has 0 aromatic rings. The largest absolute Gasteiger partial charge is 0.460 e. The van der Waals surface area contributed by atoms with Gasteiger partial charge in [-0.05, 0) is 107 Å². The summed E-state index contributed by atoms with van der Waals surface area (Å²) in [4.78, 5) is 72.3. The number of carbonyl (C=O) groups is 5. The molecule has 2 unspecified atom stereocenters. The maximum atomic E-state index is 14.5. The Hall–Kier alpha value is -3.41. The van der Waals surface area contributed by atoms with Crippen LogP contribution in [0.15, 0.2) is 47.6 Å². The zero-order valence-electron chi connectivity index (χ0n) is 42.7. The number of allylic oxidation sites excluding steroid dienone is 6. The van der Waals surface area contributed by atoms with Crippen molar-refractivity contribution in [1.29, 1.82) is 0 Å². The maximum absolute atomic E-state index is 14.5. The van der Waals surface area contributed by atoms with E-state index >= 15 is 0 Å². The topological polar surface area (TPSA) is 205 Å². The summed E-state index contributed by atoms with van der Waals surface area (Å²) in [6.07, 6.45) is 11.2. The Kier molecular flexibility index (Phi) is 21.6. The summed E-state index contributed by atoms with van der Waals surface area (Å²) in [6.45, 7) is 14.5. The zero-order valence-corrected chi connectivity index (χ0v) is 42.7. The van der Waals surface area contributed by atoms with Crippen LogP contribution in [0.4, 0.5) is 0 Å². The second-order valence-electron chi connectivity index (χ2n) is 21.1. The van der Waals surface area contributed by atoms with Gasteiger partial charge in [0.05, 0.1) is 44.2 Å². The Bertz CT molecular complexity index is 1870. The van der Waals surface area contributed by atoms with Crippen molar-refractivity contribution in [2.45, 2.75) is 180 Å². The standard InChI is InChI=1S/C54H83NO14/c1-32-15-11-10-12-16-33(2)45(67-31-40-29-66-30-40)27-41-20-18-38(7)54(63,69-41)51(60)52(61)55-22-14-13-17-42(55)53(62)68-46(35(4)25-39-19-21-43(56)47(26-39)64-8)28-44(57)34(3)24-37(6)49(59)50(65-9)48(58)36(5)23-32/h10-12,15-16,24,32,34-36,38-43,45-47,49-50,56,59,63H,13-14,17-23,25-31H2,1-9H3/b12-10+,15-11+,33-16+,37-24+/t32-,34-,35?,36-,38-,39+,41+,42+,43-,45?,46+,47-,49-,50+,54-/m1/s1. The first kappa shape index (κ1) is 56.5. The van der Waals surface area contributed by atoms with Gasteiger partial charge in [0.2, 0.25) is 5.79 Å². The molecule has 15 nitrogen and oxygen atoms in total. The molecule has 0 aromatic carbocycles. The van der Waals surface area contributed by atoms with Crippen LogP contribution >= 0.6 is 0 Å². The number of ether oxygens (including phenoxy) is 6. The molecule has 5 rings (SSSR count). The number of hydrogen-bond acceptors (Lipinski definition) is 14. The van der Waals surface area contributed by atoms with Crippen LogP contribution < -0.4 is 0 Å². The van der Waals surface area contributed by atoms with E-state index in [0.29, 0.717) is 83.2 Å². The van der Waals surface area contributed by atoms with E-state index in [0.717, 1.165) is 12.0 Å². The van der Waals surface area contributed by atoms with Crippen molar-refractivity contribution in [3.63, 3.8) is 0 Å². The van der Waals surface area contributed by atoms with Crippen molar-refractivity contribution >= 4 is 29.2 Å². The molecule has 5 aliphatic rings. The van der Waals surface area contributed by atoms with Crippen molar-refractivity contribution in [3.05, 3.63) is 47.6 Å². The third-order valence-electron chi connectivity index (χ3n) is 15.4. The Labute approximate surface area is 410 Å². The molecule has 1 amide bonds. The van der Waals surface area contributed by atoms with Crippen LogP contribution in [0, 0.1) is 41.4 Å². The fourth-order valence-corrected chi connectivity index (χ4v) is 10.7. The van der Waals surface area contributed by atoms with E-state index in [1.54, 1.807) is 34.0 Å². The molecule has 1 saturated carbocycles. The predicted octanol–water partition coefficient (Wildman–Crippen LogP) is 6.20. The fourth-order valence-electron chi connectivity index (χ4n) is 10.7. The Morgan fingerprint density at radius 2 is 1.59 bits per heavy atom. The normalized spacial score (nSPS) is 40.0. The maximum Gasteiger partial charge on any atom is 0.329 e. The van der Waals surface area contributed by atoms with Crippen LogP contribution in [0.3, 0.4) is 0 Å². The number of cyclic esters (lactones) is 1. The minimum Gasteiger partial charge on any atom is -0.460 e. The molecule has 3 N–H and O–H groups in total. The Balaban J connectivity index is 1.47. The van der Waals surface area contributed by atoms with Gasteiger partial charge in [-0.2, -0.15) is 0 Å². The van der Waals surface area contributed by atoms with Crippen LogP contribution in [0.1, 0.15) is 126 Å². The van der Waals surface area contributed by atoms with Crippen LogP contribution in [-0.2, 0) is 52.4 Å². The lowest BCUT2D eigenvalue weighted by molar-refractivity contribution is -0.266. The lowest BCUT2D eigenvalue weighted by atomic mass is 9.78. The summed E-state index contributed by atoms with van der Waals surface area (Å²) in [5, 5.41) is 34.1. The number of esters is 1. The minimum atomic E-state index is -2.45. The van der Waals surface area contributed by atoms with Crippen LogP contribution in [-0.4, -0.2) is 145 Å². The first-order valence-corrected chi connectivity index (χ1v) is 25.6. The number of hydrogen-bond donors (Lipinski definition) is 3. The fraction of sp³-hybridized carbons (Fsp3) is 0.759. The third kappa shape index (κ3) is 15.1. The van der Waals surface area contributed by atoms with Gasteiger partial charge < -0.3 is 48.6 Å². The number of aliphatic hydroxyl groups is 3. The summed E-state index contributed by atoms with van der Waals surface area (Å²) in [7, 11) is 2.95. The Morgan fingerprint density at radius 3 is 2.28 bits per heavy atom. The van der Waals surface area contributed by atoms with Gasteiger partial charge in [0.1, 0.15) is 30.1 Å². The van der Waals surface area contributed by atoms with Gasteiger partial charge in [-0.1, -0.05) is 71.1 Å². The molecule has 0 aromatic heterocycles. The number of carbonyl (C=O) groups excluding carboxylic acids is 5. The van der Waals surface area contributed by atoms with Crippen molar-refractivity contribution in [3.8, 4) is 0 Å². The summed E-state index contributed by atoms with van der Waals surface area (Å²) in [6, 6.07) is -1.15. The quantitative estimate of drug-likeness (QED) is 0.141. The number of amides is 1. The van der Waals surface area contributed by atoms with Crippen molar-refractivity contribution in [2.75, 3.05) is 40.6 Å². The monoisotopic (exact) mass is 970 g/mol. The average molecular weight is 970 g/mol. The average Bonchev–Trinajstić information content (AvgIpc) is 3.31. The van der Waals surface area contributed by atoms with E-state index in [4.69, 9.17) is 28.4 Å². The van der Waals surface area contributed by atoms with Crippen molar-refractivity contribution < 1.29 is 67.7 Å². The molecule has 1 aliphatic carbocycles. The van der Waals surface area contributed by atoms with E-state index in [1.165, 1.54) is 12.0 Å². The van der Waals surface area contributed by atoms with E-state index in [9.17, 15) is 39.3 Å². The van der Waals surface area contributed by atoms with Crippen LogP contribution in [0.2, 0.25) is 0 Å². The van der Waals surface area contributed by atoms with E-state index in [2.05, 4.69) is 0 Å². The molecule has 69 heavy (non-hydrogen) atoms. The SMILES string of the molecule is CO[C@@H]1C[C@H](CC(C)[C@@H]2CC(=O)[C@H](C)/C=C(\C)[C@@H](O)[C@@H](OC)C(=O)[C@H](C)C[C@H](C)/C=C/C=C/C=C(\C)C(OCC3COC3)C[C@@H]3CC[C@@H](C)[C@@](O)(O3)C(=O)C(=O)N3CCCC[C@H]3C(=O)O2)CC[C@H]1O. The van der Waals surface area contributed by atoms with Crippen LogP contribution in [0.25, 0.3) is 0 Å². The molecular weight excluding hydrogens is 887 g/mol. The highest BCUT2D eigenvalue weighted by atomic mass is 16.6. The molecule has 0 radical (unpaired) electrons. The third-order valence-corrected chi connectivity index (χ3v) is 15.4. The number of methoxy groups -OCH3 is 2. The van der Waals surface area contributed by atoms with Gasteiger partial charge >= 0.3 is 5.97 Å². The molecule has 4 fully saturated rings. The molecule has 15 atom stereocenters. The molecule has 4 aliphatic heterocycles. The highest BCUT2D eigenvalue weighted by Gasteiger charge is 2.53. The molecule has 2 bridgehead atoms. The first-order valence-electron chi connectivity index (χ1n) is 25.6. The highest BCUT2D eigenvalue weighted by Crippen LogP contribution is 2.38. The summed E-state index contributed by atoms with van der Waals surface area (Å²) >= 11 is 0. The number of aliphatic hydroxyl groups excluding tert-OH is 2. The summed E-state index contributed by atoms with van der Waals surface area (Å²) < 4.78 is 35.5. The van der Waals surface area contributed by atoms with Crippen molar-refractivity contribution in [2.24, 2.45) is 41.4 Å². The van der Waals surface area contributed by atoms with E-state index < -0.39 is 83.9 Å². The predicted molar refractivity (Wildman–Crippen MR) is 258 cm³/mol. The smallest absolute Gasteiger partial charge is 0.329 e. The first-order chi connectivity index (χ1) is 32.8. The summed E-state index contributed by atoms with van der Waals surface area (Å²) in [5.74, 6) is -7.78. The zero-order chi connectivity index (χ0) is 50.6. The number of rotatable bonds is 8. The second-order valence-corrected chi connectivity index (χ2v) is 21.1. The lowest BCUT2D eigenvalue weighted by Gasteiger charge is -2.43. The number of nitrogens with zero attached hydrogens (tertiary/aromatic N) is 1.